The molecule has 0 aromatic rings. The third kappa shape index (κ3) is 6.70. The topological polar surface area (TPSA) is 60.9 Å². The first kappa shape index (κ1) is 17.3. The Balaban J connectivity index is 4.61. The average Bonchev–Trinajstić information content (AvgIpc) is 2.33. The predicted octanol–water partition coefficient (Wildman–Crippen LogP) is 2.03. The molecule has 0 aromatic heterocycles. The summed E-state index contributed by atoms with van der Waals surface area (Å²) in [5.74, 6) is 1.64. The van der Waals surface area contributed by atoms with Gasteiger partial charge in [0, 0.05) is 25.6 Å². The highest BCUT2D eigenvalue weighted by Crippen LogP contribution is 2.07. The Labute approximate surface area is 115 Å². The second-order valence-corrected chi connectivity index (χ2v) is 4.69. The summed E-state index contributed by atoms with van der Waals surface area (Å²) in [4.78, 5) is 26.2. The summed E-state index contributed by atoms with van der Waals surface area (Å²) in [6.07, 6.45) is 6.64. The highest BCUT2D eigenvalue weighted by atomic mass is 16.4. The Bertz CT molecular complexity index is 334. The second-order valence-electron chi connectivity index (χ2n) is 4.69. The number of carboxylic acid groups (broad SMARTS) is 1. The molecule has 19 heavy (non-hydrogen) atoms. The van der Waals surface area contributed by atoms with E-state index in [0.717, 1.165) is 6.42 Å². The molecule has 2 amide bonds. The summed E-state index contributed by atoms with van der Waals surface area (Å²) in [7, 11) is 0. The number of carboxylic acids is 1. The summed E-state index contributed by atoms with van der Waals surface area (Å²) in [6, 6.07) is -0.0846. The zero-order valence-corrected chi connectivity index (χ0v) is 12.1. The lowest BCUT2D eigenvalue weighted by Gasteiger charge is -2.32. The molecule has 0 atom stereocenters. The molecule has 0 rings (SSSR count). The summed E-state index contributed by atoms with van der Waals surface area (Å²) >= 11 is 0. The minimum absolute atomic E-state index is 0.0263. The molecular formula is C14H24N2O3. The van der Waals surface area contributed by atoms with Crippen molar-refractivity contribution in [3.63, 3.8) is 0 Å². The maximum absolute atomic E-state index is 12.3. The van der Waals surface area contributed by atoms with Crippen LogP contribution in [0, 0.1) is 12.3 Å². The average molecular weight is 268 g/mol. The van der Waals surface area contributed by atoms with E-state index in [-0.39, 0.29) is 25.0 Å². The lowest BCUT2D eigenvalue weighted by Crippen LogP contribution is -2.47. The first-order valence-electron chi connectivity index (χ1n) is 6.64. The molecule has 0 aliphatic heterocycles. The summed E-state index contributed by atoms with van der Waals surface area (Å²) < 4.78 is 0. The zero-order chi connectivity index (χ0) is 14.8. The molecule has 1 N–H and O–H groups in total. The number of carbonyl (C=O) groups excluding carboxylic acids is 1. The predicted molar refractivity (Wildman–Crippen MR) is 74.8 cm³/mol. The Morgan fingerprint density at radius 2 is 1.95 bits per heavy atom. The van der Waals surface area contributed by atoms with Crippen LogP contribution in [0.2, 0.25) is 0 Å². The minimum atomic E-state index is -0.842. The minimum Gasteiger partial charge on any atom is -0.481 e. The molecule has 0 saturated heterocycles. The third-order valence-corrected chi connectivity index (χ3v) is 2.70. The lowest BCUT2D eigenvalue weighted by atomic mass is 10.2. The molecule has 108 valence electrons. The van der Waals surface area contributed by atoms with Crippen molar-refractivity contribution in [2.24, 2.45) is 0 Å². The molecule has 0 aromatic carbocycles. The number of hydrogen-bond donors (Lipinski definition) is 1. The van der Waals surface area contributed by atoms with Crippen molar-refractivity contribution >= 4 is 12.0 Å². The van der Waals surface area contributed by atoms with Gasteiger partial charge in [0.05, 0.1) is 6.54 Å². The van der Waals surface area contributed by atoms with Gasteiger partial charge in [0.15, 0.2) is 0 Å². The van der Waals surface area contributed by atoms with Crippen LogP contribution in [0.15, 0.2) is 0 Å². The van der Waals surface area contributed by atoms with Crippen LogP contribution in [-0.2, 0) is 4.79 Å². The van der Waals surface area contributed by atoms with Crippen LogP contribution in [0.4, 0.5) is 4.79 Å². The fourth-order valence-electron chi connectivity index (χ4n) is 1.78. The normalized spacial score (nSPS) is 10.1. The molecule has 0 unspecified atom stereocenters. The summed E-state index contributed by atoms with van der Waals surface area (Å²) in [5, 5.41) is 8.64. The number of hydrogen-bond acceptors (Lipinski definition) is 2. The van der Waals surface area contributed by atoms with Crippen LogP contribution in [0.1, 0.15) is 40.0 Å². The van der Waals surface area contributed by atoms with Gasteiger partial charge in [-0.2, -0.15) is 0 Å². The van der Waals surface area contributed by atoms with Gasteiger partial charge in [-0.3, -0.25) is 4.79 Å². The monoisotopic (exact) mass is 268 g/mol. The van der Waals surface area contributed by atoms with Crippen LogP contribution < -0.4 is 0 Å². The van der Waals surface area contributed by atoms with Gasteiger partial charge in [-0.1, -0.05) is 12.8 Å². The van der Waals surface area contributed by atoms with Crippen molar-refractivity contribution in [1.29, 1.82) is 0 Å². The summed E-state index contributed by atoms with van der Waals surface area (Å²) in [5.41, 5.74) is 0. The fourth-order valence-corrected chi connectivity index (χ4v) is 1.78. The van der Waals surface area contributed by atoms with Gasteiger partial charge < -0.3 is 14.9 Å². The number of nitrogens with zero attached hydrogens (tertiary/aromatic N) is 2. The van der Waals surface area contributed by atoms with E-state index in [1.165, 1.54) is 0 Å². The number of amides is 2. The van der Waals surface area contributed by atoms with Crippen molar-refractivity contribution in [3.8, 4) is 12.3 Å². The van der Waals surface area contributed by atoms with E-state index in [4.69, 9.17) is 11.5 Å². The Morgan fingerprint density at radius 1 is 1.32 bits per heavy atom. The van der Waals surface area contributed by atoms with Crippen molar-refractivity contribution in [2.75, 3.05) is 19.6 Å². The molecule has 0 saturated carbocycles. The quantitative estimate of drug-likeness (QED) is 0.685. The molecule has 0 spiro atoms. The number of carbonyl (C=O) groups is 2. The van der Waals surface area contributed by atoms with E-state index in [9.17, 15) is 9.59 Å². The number of rotatable bonds is 8. The number of terminal acetylenes is 1. The standard InChI is InChI=1S/C14H24N2O3/c1-5-9-15(10-6-2)14(19)16(12(3)4)11-7-8-13(17)18/h1,12H,6-11H2,2-4H3,(H,17,18). The maximum Gasteiger partial charge on any atom is 0.321 e. The molecule has 0 fully saturated rings. The van der Waals surface area contributed by atoms with Gasteiger partial charge in [-0.05, 0) is 26.7 Å². The molecule has 5 heteroatoms. The molecule has 0 aliphatic carbocycles. The smallest absolute Gasteiger partial charge is 0.321 e. The lowest BCUT2D eigenvalue weighted by molar-refractivity contribution is -0.137. The Hall–Kier alpha value is -1.70. The first-order valence-corrected chi connectivity index (χ1v) is 6.64. The van der Waals surface area contributed by atoms with Gasteiger partial charge in [0.25, 0.3) is 0 Å². The third-order valence-electron chi connectivity index (χ3n) is 2.70. The highest BCUT2D eigenvalue weighted by molar-refractivity contribution is 5.75. The van der Waals surface area contributed by atoms with Gasteiger partial charge in [-0.25, -0.2) is 4.79 Å². The van der Waals surface area contributed by atoms with E-state index in [1.807, 2.05) is 20.8 Å². The van der Waals surface area contributed by atoms with Crippen LogP contribution in [0.25, 0.3) is 0 Å². The SMILES string of the molecule is C#CCN(CCC)C(=O)N(CCCC(=O)O)C(C)C. The fraction of sp³-hybridized carbons (Fsp3) is 0.714. The van der Waals surface area contributed by atoms with Crippen LogP contribution in [-0.4, -0.2) is 52.6 Å². The van der Waals surface area contributed by atoms with Gasteiger partial charge >= 0.3 is 12.0 Å². The van der Waals surface area contributed by atoms with Crippen molar-refractivity contribution in [1.82, 2.24) is 9.80 Å². The summed E-state index contributed by atoms with van der Waals surface area (Å²) in [6.45, 7) is 7.16. The van der Waals surface area contributed by atoms with Crippen LogP contribution in [0.3, 0.4) is 0 Å². The van der Waals surface area contributed by atoms with E-state index in [0.29, 0.717) is 19.5 Å². The maximum atomic E-state index is 12.3. The molecule has 0 radical (unpaired) electrons. The van der Waals surface area contributed by atoms with Crippen LogP contribution >= 0.6 is 0 Å². The molecule has 5 nitrogen and oxygen atoms in total. The molecule has 0 aliphatic rings. The van der Waals surface area contributed by atoms with E-state index < -0.39 is 5.97 Å². The largest absolute Gasteiger partial charge is 0.481 e. The van der Waals surface area contributed by atoms with Crippen molar-refractivity contribution in [3.05, 3.63) is 0 Å². The van der Waals surface area contributed by atoms with E-state index in [2.05, 4.69) is 5.92 Å². The first-order chi connectivity index (χ1) is 8.93. The van der Waals surface area contributed by atoms with Crippen LogP contribution in [0.5, 0.6) is 0 Å². The van der Waals surface area contributed by atoms with E-state index in [1.54, 1.807) is 9.80 Å². The number of aliphatic carboxylic acids is 1. The van der Waals surface area contributed by atoms with Crippen molar-refractivity contribution < 1.29 is 14.7 Å². The van der Waals surface area contributed by atoms with Gasteiger partial charge in [0.2, 0.25) is 0 Å². The second kappa shape index (κ2) is 9.26. The highest BCUT2D eigenvalue weighted by Gasteiger charge is 2.22. The van der Waals surface area contributed by atoms with Crippen molar-refractivity contribution in [2.45, 2.75) is 46.1 Å². The van der Waals surface area contributed by atoms with Gasteiger partial charge in [-0.15, -0.1) is 6.42 Å². The zero-order valence-electron chi connectivity index (χ0n) is 12.1. The number of urea groups is 1. The molecule has 0 bridgehead atoms. The Kier molecular flexibility index (Phi) is 8.43. The molecular weight excluding hydrogens is 244 g/mol. The Morgan fingerprint density at radius 3 is 2.37 bits per heavy atom. The van der Waals surface area contributed by atoms with Gasteiger partial charge in [0.1, 0.15) is 0 Å². The molecule has 0 heterocycles. The van der Waals surface area contributed by atoms with E-state index >= 15 is 0 Å².